The number of carbonyl (C=O) groups is 1. The molecule has 0 aliphatic heterocycles. The molecule has 2 rings (SSSR count). The number of methoxy groups -OCH3 is 1. The van der Waals surface area contributed by atoms with Crippen LogP contribution in [0.2, 0.25) is 0 Å². The van der Waals surface area contributed by atoms with E-state index in [-0.39, 0.29) is 29.8 Å². The summed E-state index contributed by atoms with van der Waals surface area (Å²) in [5.41, 5.74) is 0. The highest BCUT2D eigenvalue weighted by atomic mass is 16.5. The van der Waals surface area contributed by atoms with Crippen LogP contribution < -0.4 is 0 Å². The van der Waals surface area contributed by atoms with Crippen molar-refractivity contribution in [1.82, 2.24) is 0 Å². The first-order valence-corrected chi connectivity index (χ1v) is 4.18. The molecule has 0 aromatic rings. The summed E-state index contributed by atoms with van der Waals surface area (Å²) >= 11 is 0. The summed E-state index contributed by atoms with van der Waals surface area (Å²) in [7, 11) is 1.39. The minimum atomic E-state index is -0.353. The average Bonchev–Trinajstić information content (AvgIpc) is 2.60. The molecule has 0 heterocycles. The van der Waals surface area contributed by atoms with Crippen molar-refractivity contribution in [1.29, 1.82) is 0 Å². The van der Waals surface area contributed by atoms with E-state index < -0.39 is 0 Å². The van der Waals surface area contributed by atoms with Crippen molar-refractivity contribution in [2.24, 2.45) is 17.8 Å². The van der Waals surface area contributed by atoms with E-state index in [0.29, 0.717) is 0 Å². The first-order valence-electron chi connectivity index (χ1n) is 4.18. The monoisotopic (exact) mass is 168 g/mol. The molecule has 2 aliphatic carbocycles. The Morgan fingerprint density at radius 2 is 2.33 bits per heavy atom. The summed E-state index contributed by atoms with van der Waals surface area (Å²) in [6.45, 7) is 0. The van der Waals surface area contributed by atoms with E-state index in [2.05, 4.69) is 4.74 Å². The fraction of sp³-hybridized carbons (Fsp3) is 0.667. The van der Waals surface area contributed by atoms with Gasteiger partial charge in [-0.1, -0.05) is 12.2 Å². The van der Waals surface area contributed by atoms with E-state index in [9.17, 15) is 9.90 Å². The van der Waals surface area contributed by atoms with Crippen LogP contribution in [0.15, 0.2) is 12.2 Å². The molecule has 1 saturated carbocycles. The third-order valence-electron chi connectivity index (χ3n) is 2.91. The lowest BCUT2D eigenvalue weighted by atomic mass is 9.94. The van der Waals surface area contributed by atoms with E-state index in [1.54, 1.807) is 0 Å². The number of hydrogen-bond acceptors (Lipinski definition) is 3. The van der Waals surface area contributed by atoms with Crippen LogP contribution in [-0.4, -0.2) is 24.3 Å². The van der Waals surface area contributed by atoms with Gasteiger partial charge in [0.1, 0.15) is 0 Å². The summed E-state index contributed by atoms with van der Waals surface area (Å²) in [5.74, 6) is -0.118. The summed E-state index contributed by atoms with van der Waals surface area (Å²) in [4.78, 5) is 11.2. The lowest BCUT2D eigenvalue weighted by Gasteiger charge is -2.14. The minimum absolute atomic E-state index is 0.00227. The predicted octanol–water partition coefficient (Wildman–Crippen LogP) is 0.342. The Bertz CT molecular complexity index is 234. The highest BCUT2D eigenvalue weighted by molar-refractivity contribution is 5.74. The van der Waals surface area contributed by atoms with Gasteiger partial charge >= 0.3 is 5.97 Å². The number of fused-ring (bicyclic) bond motifs is 2. The minimum Gasteiger partial charge on any atom is -0.469 e. The maximum atomic E-state index is 11.2. The number of aliphatic hydroxyl groups is 1. The molecule has 1 fully saturated rings. The number of rotatable bonds is 1. The summed E-state index contributed by atoms with van der Waals surface area (Å²) in [5, 5.41) is 9.57. The van der Waals surface area contributed by atoms with Gasteiger partial charge in [0.15, 0.2) is 0 Å². The van der Waals surface area contributed by atoms with E-state index in [4.69, 9.17) is 0 Å². The summed E-state index contributed by atoms with van der Waals surface area (Å²) in [6, 6.07) is 0. The molecular weight excluding hydrogens is 156 g/mol. The molecular formula is C9H12O3. The smallest absolute Gasteiger partial charge is 0.309 e. The Morgan fingerprint density at radius 1 is 1.58 bits per heavy atom. The molecule has 0 amide bonds. The molecule has 66 valence electrons. The second-order valence-corrected chi connectivity index (χ2v) is 3.48. The second kappa shape index (κ2) is 2.59. The molecule has 3 nitrogen and oxygen atoms in total. The zero-order chi connectivity index (χ0) is 8.72. The number of ether oxygens (including phenoxy) is 1. The second-order valence-electron chi connectivity index (χ2n) is 3.48. The Kier molecular flexibility index (Phi) is 1.68. The maximum absolute atomic E-state index is 11.2. The number of aliphatic hydroxyl groups excluding tert-OH is 1. The SMILES string of the molecule is COC(=O)C1CC2C=CC1C2O. The van der Waals surface area contributed by atoms with E-state index in [1.165, 1.54) is 7.11 Å². The van der Waals surface area contributed by atoms with Crippen LogP contribution in [0.4, 0.5) is 0 Å². The Hall–Kier alpha value is -0.830. The molecule has 2 bridgehead atoms. The largest absolute Gasteiger partial charge is 0.469 e. The highest BCUT2D eigenvalue weighted by Crippen LogP contribution is 2.43. The zero-order valence-electron chi connectivity index (χ0n) is 6.93. The Labute approximate surface area is 71.0 Å². The normalized spacial score (nSPS) is 43.5. The van der Waals surface area contributed by atoms with E-state index in [1.807, 2.05) is 12.2 Å². The molecule has 4 unspecified atom stereocenters. The van der Waals surface area contributed by atoms with Gasteiger partial charge in [-0.2, -0.15) is 0 Å². The van der Waals surface area contributed by atoms with Gasteiger partial charge < -0.3 is 9.84 Å². The van der Waals surface area contributed by atoms with Gasteiger partial charge in [-0.25, -0.2) is 0 Å². The topological polar surface area (TPSA) is 46.5 Å². The molecule has 0 saturated heterocycles. The fourth-order valence-electron chi connectivity index (χ4n) is 2.23. The molecule has 4 atom stereocenters. The first kappa shape index (κ1) is 7.80. The summed E-state index contributed by atoms with van der Waals surface area (Å²) in [6.07, 6.45) is 4.32. The Morgan fingerprint density at radius 3 is 2.75 bits per heavy atom. The predicted molar refractivity (Wildman–Crippen MR) is 42.2 cm³/mol. The lowest BCUT2D eigenvalue weighted by molar-refractivity contribution is -0.146. The van der Waals surface area contributed by atoms with Crippen LogP contribution in [0, 0.1) is 17.8 Å². The van der Waals surface area contributed by atoms with E-state index in [0.717, 1.165) is 6.42 Å². The molecule has 0 spiro atoms. The van der Waals surface area contributed by atoms with Gasteiger partial charge in [0.05, 0.1) is 19.1 Å². The molecule has 3 heteroatoms. The third-order valence-corrected chi connectivity index (χ3v) is 2.91. The van der Waals surface area contributed by atoms with Crippen molar-refractivity contribution < 1.29 is 14.6 Å². The quantitative estimate of drug-likeness (QED) is 0.453. The molecule has 0 aromatic heterocycles. The van der Waals surface area contributed by atoms with Crippen LogP contribution in [0.3, 0.4) is 0 Å². The molecule has 1 N–H and O–H groups in total. The van der Waals surface area contributed by atoms with Crippen LogP contribution in [0.1, 0.15) is 6.42 Å². The maximum Gasteiger partial charge on any atom is 0.309 e. The fourth-order valence-corrected chi connectivity index (χ4v) is 2.23. The van der Waals surface area contributed by atoms with Crippen LogP contribution >= 0.6 is 0 Å². The number of hydrogen-bond donors (Lipinski definition) is 1. The molecule has 2 aliphatic rings. The summed E-state index contributed by atoms with van der Waals surface area (Å²) < 4.78 is 4.65. The van der Waals surface area contributed by atoms with Gasteiger partial charge in [-0.15, -0.1) is 0 Å². The van der Waals surface area contributed by atoms with E-state index >= 15 is 0 Å². The van der Waals surface area contributed by atoms with Gasteiger partial charge in [-0.3, -0.25) is 4.79 Å². The highest BCUT2D eigenvalue weighted by Gasteiger charge is 2.47. The van der Waals surface area contributed by atoms with Gasteiger partial charge in [0, 0.05) is 11.8 Å². The standard InChI is InChI=1S/C9H12O3/c1-12-9(11)7-4-5-2-3-6(7)8(5)10/h2-3,5-8,10H,4H2,1H3. The zero-order valence-corrected chi connectivity index (χ0v) is 6.93. The molecule has 12 heavy (non-hydrogen) atoms. The van der Waals surface area contributed by atoms with Crippen LogP contribution in [0.5, 0.6) is 0 Å². The number of esters is 1. The van der Waals surface area contributed by atoms with Crippen molar-refractivity contribution in [3.63, 3.8) is 0 Å². The third kappa shape index (κ3) is 0.894. The molecule has 0 radical (unpaired) electrons. The first-order chi connectivity index (χ1) is 5.74. The van der Waals surface area contributed by atoms with Crippen molar-refractivity contribution in [3.8, 4) is 0 Å². The van der Waals surface area contributed by atoms with Crippen molar-refractivity contribution >= 4 is 5.97 Å². The van der Waals surface area contributed by atoms with Gasteiger partial charge in [0.2, 0.25) is 0 Å². The van der Waals surface area contributed by atoms with Crippen LogP contribution in [-0.2, 0) is 9.53 Å². The van der Waals surface area contributed by atoms with Gasteiger partial charge in [0.25, 0.3) is 0 Å². The van der Waals surface area contributed by atoms with Crippen molar-refractivity contribution in [2.75, 3.05) is 7.11 Å². The van der Waals surface area contributed by atoms with Crippen molar-refractivity contribution in [2.45, 2.75) is 12.5 Å². The van der Waals surface area contributed by atoms with Gasteiger partial charge in [-0.05, 0) is 6.42 Å². The van der Waals surface area contributed by atoms with Crippen LogP contribution in [0.25, 0.3) is 0 Å². The number of carbonyl (C=O) groups excluding carboxylic acids is 1. The lowest BCUT2D eigenvalue weighted by Crippen LogP contribution is -2.23. The van der Waals surface area contributed by atoms with Crippen molar-refractivity contribution in [3.05, 3.63) is 12.2 Å². The Balaban J connectivity index is 2.14. The molecule has 0 aromatic carbocycles. The average molecular weight is 168 g/mol.